The zero-order valence-electron chi connectivity index (χ0n) is 7.12. The Hall–Kier alpha value is 0.324. The Balaban J connectivity index is 0.000001000. The SMILES string of the molecule is C[CH-]C(C)c1ccccc1.[Y]. The molecule has 0 aliphatic heterocycles. The van der Waals surface area contributed by atoms with Gasteiger partial charge in [-0.2, -0.15) is 6.92 Å². The van der Waals surface area contributed by atoms with E-state index in [4.69, 9.17) is 0 Å². The molecule has 1 atom stereocenters. The fraction of sp³-hybridized carbons (Fsp3) is 0.300. The summed E-state index contributed by atoms with van der Waals surface area (Å²) in [7, 11) is 0. The third-order valence-electron chi connectivity index (χ3n) is 1.83. The molecule has 1 aromatic rings. The van der Waals surface area contributed by atoms with Crippen molar-refractivity contribution in [2.45, 2.75) is 19.8 Å². The van der Waals surface area contributed by atoms with Crippen molar-refractivity contribution in [3.8, 4) is 0 Å². The summed E-state index contributed by atoms with van der Waals surface area (Å²) in [6.07, 6.45) is 2.20. The third kappa shape index (κ3) is 3.49. The predicted octanol–water partition coefficient (Wildman–Crippen LogP) is 3.01. The second-order valence-corrected chi connectivity index (χ2v) is 2.53. The Morgan fingerprint density at radius 1 is 1.18 bits per heavy atom. The topological polar surface area (TPSA) is 0 Å². The molecule has 1 radical (unpaired) electrons. The van der Waals surface area contributed by atoms with Crippen LogP contribution in [0.3, 0.4) is 0 Å². The van der Waals surface area contributed by atoms with Crippen molar-refractivity contribution in [1.29, 1.82) is 0 Å². The fourth-order valence-electron chi connectivity index (χ4n) is 0.949. The van der Waals surface area contributed by atoms with Gasteiger partial charge in [-0.1, -0.05) is 42.8 Å². The van der Waals surface area contributed by atoms with Gasteiger partial charge in [0.25, 0.3) is 0 Å². The van der Waals surface area contributed by atoms with E-state index in [1.54, 1.807) is 0 Å². The van der Waals surface area contributed by atoms with Gasteiger partial charge in [-0.15, -0.1) is 5.92 Å². The summed E-state index contributed by atoms with van der Waals surface area (Å²) >= 11 is 0. The summed E-state index contributed by atoms with van der Waals surface area (Å²) in [5.74, 6) is 0.584. The van der Waals surface area contributed by atoms with E-state index in [2.05, 4.69) is 44.5 Å². The van der Waals surface area contributed by atoms with Gasteiger partial charge < -0.3 is 6.42 Å². The Morgan fingerprint density at radius 3 is 2.18 bits per heavy atom. The minimum Gasteiger partial charge on any atom is -0.324 e. The summed E-state index contributed by atoms with van der Waals surface area (Å²) < 4.78 is 0. The van der Waals surface area contributed by atoms with Crippen LogP contribution in [-0.2, 0) is 32.7 Å². The van der Waals surface area contributed by atoms with Gasteiger partial charge >= 0.3 is 0 Å². The van der Waals surface area contributed by atoms with Gasteiger partial charge in [0.05, 0.1) is 0 Å². The van der Waals surface area contributed by atoms with Crippen molar-refractivity contribution in [3.63, 3.8) is 0 Å². The van der Waals surface area contributed by atoms with Crippen LogP contribution >= 0.6 is 0 Å². The molecule has 1 rings (SSSR count). The van der Waals surface area contributed by atoms with Crippen LogP contribution in [0.5, 0.6) is 0 Å². The number of hydrogen-bond acceptors (Lipinski definition) is 0. The van der Waals surface area contributed by atoms with Crippen molar-refractivity contribution < 1.29 is 32.7 Å². The Labute approximate surface area is 94.3 Å². The molecule has 0 bridgehead atoms. The number of hydrogen-bond donors (Lipinski definition) is 0. The average Bonchev–Trinajstić information content (AvgIpc) is 2.05. The van der Waals surface area contributed by atoms with Gasteiger partial charge in [-0.25, -0.2) is 0 Å². The van der Waals surface area contributed by atoms with Crippen LogP contribution in [-0.4, -0.2) is 0 Å². The minimum atomic E-state index is 0. The van der Waals surface area contributed by atoms with E-state index in [0.29, 0.717) is 5.92 Å². The van der Waals surface area contributed by atoms with Crippen LogP contribution in [0.25, 0.3) is 0 Å². The van der Waals surface area contributed by atoms with Crippen LogP contribution in [0.4, 0.5) is 0 Å². The summed E-state index contributed by atoms with van der Waals surface area (Å²) in [5, 5.41) is 0. The molecule has 1 unspecified atom stereocenters. The maximum atomic E-state index is 2.20. The zero-order chi connectivity index (χ0) is 7.40. The van der Waals surface area contributed by atoms with E-state index in [1.807, 2.05) is 6.07 Å². The molecule has 0 N–H and O–H groups in total. The molecule has 0 aliphatic carbocycles. The van der Waals surface area contributed by atoms with Crippen molar-refractivity contribution >= 4 is 0 Å². The number of rotatable bonds is 2. The number of benzene rings is 1. The molecule has 0 aromatic heterocycles. The first-order valence-corrected chi connectivity index (χ1v) is 3.69. The molecule has 1 aromatic carbocycles. The van der Waals surface area contributed by atoms with Crippen LogP contribution in [0.1, 0.15) is 25.3 Å². The molecule has 11 heavy (non-hydrogen) atoms. The molecule has 0 spiro atoms. The van der Waals surface area contributed by atoms with E-state index < -0.39 is 0 Å². The van der Waals surface area contributed by atoms with Crippen molar-refractivity contribution in [1.82, 2.24) is 0 Å². The van der Waals surface area contributed by atoms with E-state index in [1.165, 1.54) is 5.56 Å². The summed E-state index contributed by atoms with van der Waals surface area (Å²) in [6, 6.07) is 10.5. The molecule has 0 aliphatic rings. The van der Waals surface area contributed by atoms with Gasteiger partial charge in [0.2, 0.25) is 0 Å². The van der Waals surface area contributed by atoms with Crippen molar-refractivity contribution in [2.75, 3.05) is 0 Å². The minimum absolute atomic E-state index is 0. The van der Waals surface area contributed by atoms with Gasteiger partial charge in [0.1, 0.15) is 0 Å². The van der Waals surface area contributed by atoms with Crippen molar-refractivity contribution in [2.24, 2.45) is 0 Å². The zero-order valence-corrected chi connectivity index (χ0v) is 9.96. The van der Waals surface area contributed by atoms with Gasteiger partial charge in [-0.05, 0) is 0 Å². The van der Waals surface area contributed by atoms with Gasteiger partial charge in [0.15, 0.2) is 0 Å². The smallest absolute Gasteiger partial charge is 0 e. The Kier molecular flexibility index (Phi) is 6.08. The maximum Gasteiger partial charge on any atom is 0 e. The van der Waals surface area contributed by atoms with Crippen LogP contribution < -0.4 is 0 Å². The van der Waals surface area contributed by atoms with Crippen molar-refractivity contribution in [3.05, 3.63) is 42.3 Å². The first kappa shape index (κ1) is 11.3. The summed E-state index contributed by atoms with van der Waals surface area (Å²) in [6.45, 7) is 4.30. The standard InChI is InChI=1S/C10H13.Y/c1-3-9(2)10-7-5-4-6-8-10;/h3-9H,1-2H3;/q-1;. The molecule has 1 heteroatoms. The first-order chi connectivity index (χ1) is 4.84. The van der Waals surface area contributed by atoms with E-state index in [0.717, 1.165) is 0 Å². The third-order valence-corrected chi connectivity index (χ3v) is 1.83. The van der Waals surface area contributed by atoms with Gasteiger partial charge in [-0.3, -0.25) is 0 Å². The molecule has 0 heterocycles. The molecule has 57 valence electrons. The molecular weight excluding hydrogens is 209 g/mol. The molecule has 0 saturated heterocycles. The normalized spacial score (nSPS) is 11.8. The summed E-state index contributed by atoms with van der Waals surface area (Å²) in [5.41, 5.74) is 1.39. The van der Waals surface area contributed by atoms with Crippen LogP contribution in [0.2, 0.25) is 0 Å². The second kappa shape index (κ2) is 5.91. The largest absolute Gasteiger partial charge is 0.324 e. The molecule has 0 fully saturated rings. The fourth-order valence-corrected chi connectivity index (χ4v) is 0.949. The first-order valence-electron chi connectivity index (χ1n) is 3.69. The summed E-state index contributed by atoms with van der Waals surface area (Å²) in [4.78, 5) is 0. The quantitative estimate of drug-likeness (QED) is 0.674. The molecular formula is C10H13Y-. The molecule has 0 amide bonds. The second-order valence-electron chi connectivity index (χ2n) is 2.53. The van der Waals surface area contributed by atoms with Crippen LogP contribution in [0, 0.1) is 6.42 Å². The monoisotopic (exact) mass is 222 g/mol. The molecule has 0 saturated carbocycles. The predicted molar refractivity (Wildman–Crippen MR) is 44.8 cm³/mol. The van der Waals surface area contributed by atoms with E-state index in [9.17, 15) is 0 Å². The van der Waals surface area contributed by atoms with Crippen LogP contribution in [0.15, 0.2) is 30.3 Å². The Bertz CT molecular complexity index is 181. The molecule has 0 nitrogen and oxygen atoms in total. The van der Waals surface area contributed by atoms with Gasteiger partial charge in [0, 0.05) is 32.7 Å². The average molecular weight is 222 g/mol. The maximum absolute atomic E-state index is 2.20. The Morgan fingerprint density at radius 2 is 1.73 bits per heavy atom. The van der Waals surface area contributed by atoms with E-state index in [-0.39, 0.29) is 32.7 Å². The van der Waals surface area contributed by atoms with E-state index >= 15 is 0 Å².